The van der Waals surface area contributed by atoms with Gasteiger partial charge in [-0.05, 0) is 49.6 Å². The van der Waals surface area contributed by atoms with Crippen molar-refractivity contribution in [1.82, 2.24) is 5.32 Å². The molecule has 0 aliphatic heterocycles. The summed E-state index contributed by atoms with van der Waals surface area (Å²) in [5.41, 5.74) is 0. The minimum Gasteiger partial charge on any atom is -0.309 e. The molecule has 1 saturated carbocycles. The Kier molecular flexibility index (Phi) is 5.90. The molecule has 0 radical (unpaired) electrons. The Balaban J connectivity index is 1.77. The minimum absolute atomic E-state index is 0.221. The number of halogens is 3. The van der Waals surface area contributed by atoms with E-state index in [0.717, 1.165) is 0 Å². The summed E-state index contributed by atoms with van der Waals surface area (Å²) in [6.07, 6.45) is 1.16. The van der Waals surface area contributed by atoms with Crippen molar-refractivity contribution in [2.75, 3.05) is 6.54 Å². The third-order valence-electron chi connectivity index (χ3n) is 3.97. The van der Waals surface area contributed by atoms with Crippen molar-refractivity contribution in [2.24, 2.45) is 5.92 Å². The summed E-state index contributed by atoms with van der Waals surface area (Å²) in [5.74, 6) is 0.649. The van der Waals surface area contributed by atoms with Crippen LogP contribution in [0, 0.1) is 5.92 Å². The van der Waals surface area contributed by atoms with E-state index in [9.17, 15) is 13.2 Å². The van der Waals surface area contributed by atoms with E-state index in [0.29, 0.717) is 24.9 Å². The summed E-state index contributed by atoms with van der Waals surface area (Å²) in [5, 5.41) is 5.57. The lowest BCUT2D eigenvalue weighted by atomic mass is 9.96. The summed E-state index contributed by atoms with van der Waals surface area (Å²) >= 11 is 1.74. The molecule has 5 heteroatoms. The lowest BCUT2D eigenvalue weighted by Crippen LogP contribution is -2.27. The zero-order chi connectivity index (χ0) is 14.4. The third-order valence-corrected chi connectivity index (χ3v) is 4.93. The zero-order valence-corrected chi connectivity index (χ0v) is 12.4. The highest BCUT2D eigenvalue weighted by Gasteiger charge is 2.27. The first-order chi connectivity index (χ1) is 9.56. The second-order valence-corrected chi connectivity index (χ2v) is 6.54. The molecule has 20 heavy (non-hydrogen) atoms. The number of unbranched alkanes of at least 4 members (excludes halogenated alkanes) is 1. The van der Waals surface area contributed by atoms with Crippen LogP contribution in [0.1, 0.15) is 55.9 Å². The Morgan fingerprint density at radius 3 is 2.60 bits per heavy atom. The van der Waals surface area contributed by atoms with Crippen LogP contribution in [-0.2, 0) is 0 Å². The molecular formula is C15H22F3NS. The molecule has 0 bridgehead atoms. The van der Waals surface area contributed by atoms with Crippen molar-refractivity contribution in [3.63, 3.8) is 0 Å². The summed E-state index contributed by atoms with van der Waals surface area (Å²) < 4.78 is 36.3. The Hall–Kier alpha value is -0.550. The lowest BCUT2D eigenvalue weighted by Gasteiger charge is -2.24. The van der Waals surface area contributed by atoms with Crippen LogP contribution in [0.4, 0.5) is 13.2 Å². The minimum atomic E-state index is -4.02. The average Bonchev–Trinajstić information content (AvgIpc) is 3.05. The molecule has 1 fully saturated rings. The standard InChI is InChI=1S/C15H22F3NS/c16-15(17,18)9-3-4-10-19-14(12-6-1-2-7-12)13-8-5-11-20-13/h5,8,11-12,14,19H,1-4,6-7,9-10H2. The fraction of sp³-hybridized carbons (Fsp3) is 0.733. The largest absolute Gasteiger partial charge is 0.389 e. The smallest absolute Gasteiger partial charge is 0.309 e. The molecular weight excluding hydrogens is 283 g/mol. The van der Waals surface area contributed by atoms with Gasteiger partial charge in [0.1, 0.15) is 0 Å². The van der Waals surface area contributed by atoms with Gasteiger partial charge < -0.3 is 5.32 Å². The van der Waals surface area contributed by atoms with Gasteiger partial charge in [-0.1, -0.05) is 18.9 Å². The molecule has 1 aromatic heterocycles. The highest BCUT2D eigenvalue weighted by molar-refractivity contribution is 7.10. The van der Waals surface area contributed by atoms with Crippen LogP contribution in [0.25, 0.3) is 0 Å². The number of nitrogens with one attached hydrogen (secondary N) is 1. The molecule has 114 valence electrons. The monoisotopic (exact) mass is 305 g/mol. The second kappa shape index (κ2) is 7.46. The predicted octanol–water partition coefficient (Wildman–Crippen LogP) is 5.30. The summed E-state index contributed by atoms with van der Waals surface area (Å²) in [7, 11) is 0. The van der Waals surface area contributed by atoms with Crippen LogP contribution in [0.5, 0.6) is 0 Å². The fourth-order valence-electron chi connectivity index (χ4n) is 2.97. The normalized spacial score (nSPS) is 18.6. The molecule has 0 aromatic carbocycles. The Morgan fingerprint density at radius 2 is 2.00 bits per heavy atom. The van der Waals surface area contributed by atoms with E-state index in [1.165, 1.54) is 30.6 Å². The fourth-order valence-corrected chi connectivity index (χ4v) is 3.86. The molecule has 1 heterocycles. The van der Waals surface area contributed by atoms with Gasteiger partial charge in [-0.15, -0.1) is 11.3 Å². The lowest BCUT2D eigenvalue weighted by molar-refractivity contribution is -0.135. The first kappa shape index (κ1) is 15.8. The van der Waals surface area contributed by atoms with E-state index in [2.05, 4.69) is 16.8 Å². The van der Waals surface area contributed by atoms with Crippen LogP contribution < -0.4 is 5.32 Å². The second-order valence-electron chi connectivity index (χ2n) is 5.56. The Bertz CT molecular complexity index is 369. The molecule has 1 atom stereocenters. The summed E-state index contributed by atoms with van der Waals surface area (Å²) in [4.78, 5) is 1.33. The van der Waals surface area contributed by atoms with E-state index < -0.39 is 12.6 Å². The molecule has 1 nitrogen and oxygen atoms in total. The number of thiophene rings is 1. The van der Waals surface area contributed by atoms with Crippen molar-refractivity contribution < 1.29 is 13.2 Å². The number of hydrogen-bond donors (Lipinski definition) is 1. The van der Waals surface area contributed by atoms with Crippen LogP contribution in [-0.4, -0.2) is 12.7 Å². The molecule has 1 aromatic rings. The van der Waals surface area contributed by atoms with Gasteiger partial charge >= 0.3 is 6.18 Å². The molecule has 1 N–H and O–H groups in total. The van der Waals surface area contributed by atoms with E-state index in [-0.39, 0.29) is 6.42 Å². The van der Waals surface area contributed by atoms with E-state index >= 15 is 0 Å². The van der Waals surface area contributed by atoms with Crippen LogP contribution in [0.2, 0.25) is 0 Å². The SMILES string of the molecule is FC(F)(F)CCCCNC(c1cccs1)C1CCCC1. The van der Waals surface area contributed by atoms with Crippen molar-refractivity contribution >= 4 is 11.3 Å². The van der Waals surface area contributed by atoms with Gasteiger partial charge in [-0.3, -0.25) is 0 Å². The molecule has 1 aliphatic carbocycles. The Labute approximate surface area is 122 Å². The maximum atomic E-state index is 12.1. The average molecular weight is 305 g/mol. The first-order valence-corrected chi connectivity index (χ1v) is 8.28. The first-order valence-electron chi connectivity index (χ1n) is 7.40. The predicted molar refractivity (Wildman–Crippen MR) is 76.9 cm³/mol. The zero-order valence-electron chi connectivity index (χ0n) is 11.6. The Morgan fingerprint density at radius 1 is 1.25 bits per heavy atom. The molecule has 1 aliphatic rings. The van der Waals surface area contributed by atoms with Gasteiger partial charge in [-0.25, -0.2) is 0 Å². The number of rotatable bonds is 7. The molecule has 0 amide bonds. The van der Waals surface area contributed by atoms with Gasteiger partial charge in [-0.2, -0.15) is 13.2 Å². The number of hydrogen-bond acceptors (Lipinski definition) is 2. The van der Waals surface area contributed by atoms with Crippen molar-refractivity contribution in [1.29, 1.82) is 0 Å². The summed E-state index contributed by atoms with van der Waals surface area (Å²) in [6.45, 7) is 0.676. The summed E-state index contributed by atoms with van der Waals surface area (Å²) in [6, 6.07) is 4.52. The molecule has 2 rings (SSSR count). The topological polar surface area (TPSA) is 12.0 Å². The molecule has 1 unspecified atom stereocenters. The van der Waals surface area contributed by atoms with Crippen molar-refractivity contribution in [3.8, 4) is 0 Å². The maximum absolute atomic E-state index is 12.1. The highest BCUT2D eigenvalue weighted by atomic mass is 32.1. The van der Waals surface area contributed by atoms with Gasteiger partial charge in [0.05, 0.1) is 0 Å². The van der Waals surface area contributed by atoms with E-state index in [1.807, 2.05) is 6.07 Å². The van der Waals surface area contributed by atoms with Crippen LogP contribution >= 0.6 is 11.3 Å². The van der Waals surface area contributed by atoms with E-state index in [4.69, 9.17) is 0 Å². The molecule has 0 spiro atoms. The van der Waals surface area contributed by atoms with Crippen LogP contribution in [0.15, 0.2) is 17.5 Å². The quantitative estimate of drug-likeness (QED) is 0.674. The van der Waals surface area contributed by atoms with Crippen molar-refractivity contribution in [2.45, 2.75) is 57.2 Å². The van der Waals surface area contributed by atoms with Crippen molar-refractivity contribution in [3.05, 3.63) is 22.4 Å². The van der Waals surface area contributed by atoms with Gasteiger partial charge in [0.15, 0.2) is 0 Å². The van der Waals surface area contributed by atoms with E-state index in [1.54, 1.807) is 11.3 Å². The van der Waals surface area contributed by atoms with Gasteiger partial charge in [0.2, 0.25) is 0 Å². The van der Waals surface area contributed by atoms with Gasteiger partial charge in [0, 0.05) is 17.3 Å². The highest BCUT2D eigenvalue weighted by Crippen LogP contribution is 2.37. The molecule has 0 saturated heterocycles. The van der Waals surface area contributed by atoms with Gasteiger partial charge in [0.25, 0.3) is 0 Å². The maximum Gasteiger partial charge on any atom is 0.389 e. The van der Waals surface area contributed by atoms with Crippen LogP contribution in [0.3, 0.4) is 0 Å². The third kappa shape index (κ3) is 5.09. The number of alkyl halides is 3.